The van der Waals surface area contributed by atoms with Crippen LogP contribution in [-0.4, -0.2) is 90.5 Å². The number of hydrogen-bond donors (Lipinski definition) is 5. The molecule has 306 valence electrons. The maximum Gasteiger partial charge on any atom is 0.418 e. The molecule has 0 saturated carbocycles. The van der Waals surface area contributed by atoms with E-state index in [1.807, 2.05) is 20.8 Å². The molecule has 5 rings (SSSR count). The fourth-order valence-electron chi connectivity index (χ4n) is 7.50. The number of morpholine rings is 1. The summed E-state index contributed by atoms with van der Waals surface area (Å²) in [5.74, 6) is -3.01. The van der Waals surface area contributed by atoms with Crippen LogP contribution in [0.25, 0.3) is 10.9 Å². The second-order valence-electron chi connectivity index (χ2n) is 15.2. The first kappa shape index (κ1) is 42.6. The zero-order chi connectivity index (χ0) is 40.6. The van der Waals surface area contributed by atoms with Gasteiger partial charge in [-0.1, -0.05) is 70.9 Å². The van der Waals surface area contributed by atoms with Gasteiger partial charge in [0.15, 0.2) is 0 Å². The summed E-state index contributed by atoms with van der Waals surface area (Å²) < 4.78 is 62.1. The van der Waals surface area contributed by atoms with Crippen molar-refractivity contribution in [2.24, 2.45) is 11.8 Å². The Morgan fingerprint density at radius 3 is 2.34 bits per heavy atom. The molecule has 0 spiro atoms. The molecule has 1 fully saturated rings. The molecule has 4 amide bonds. The van der Waals surface area contributed by atoms with E-state index in [2.05, 4.69) is 31.2 Å². The molecule has 2 aromatic carbocycles. The standard InChI is InChI=1S/C41H54F4N6O5/c1-5-25(3)33(24-46-34(52)15-17-51-18-20-56-21-19-51)48-39(55)40(16-14-32-29(23-40)28-11-9-12-30(37(28)47-32)41(43,44)45)50-38(54)36(26(4)6-2)49-35(53)22-27-10-7-8-13-31(27)42/h7-13,25-26,33,36,47H,5-6,14-24H2,1-4H3,(H,46,52)(H,48,55)(H,49,53)(H,50,54)/t25-,26?,33?,36-,40+/m0/s1. The van der Waals surface area contributed by atoms with E-state index in [1.165, 1.54) is 24.3 Å². The molecule has 1 aliphatic heterocycles. The van der Waals surface area contributed by atoms with Gasteiger partial charge in [0.2, 0.25) is 23.6 Å². The van der Waals surface area contributed by atoms with Crippen molar-refractivity contribution in [2.75, 3.05) is 39.4 Å². The molecule has 5 N–H and O–H groups in total. The van der Waals surface area contributed by atoms with E-state index >= 15 is 0 Å². The largest absolute Gasteiger partial charge is 0.418 e. The monoisotopic (exact) mass is 786 g/mol. The molecule has 15 heteroatoms. The van der Waals surface area contributed by atoms with E-state index in [0.29, 0.717) is 49.2 Å². The number of aryl methyl sites for hydroxylation is 1. The maximum absolute atomic E-state index is 14.7. The van der Waals surface area contributed by atoms with Crippen LogP contribution in [0, 0.1) is 17.7 Å². The van der Waals surface area contributed by atoms with Crippen molar-refractivity contribution < 1.29 is 41.5 Å². The Hall–Kier alpha value is -4.50. The lowest BCUT2D eigenvalue weighted by Crippen LogP contribution is -2.66. The molecular weight excluding hydrogens is 732 g/mol. The molecule has 0 bridgehead atoms. The van der Waals surface area contributed by atoms with Crippen LogP contribution in [0.15, 0.2) is 42.5 Å². The van der Waals surface area contributed by atoms with E-state index in [0.717, 1.165) is 19.2 Å². The van der Waals surface area contributed by atoms with Crippen molar-refractivity contribution in [3.05, 3.63) is 70.7 Å². The summed E-state index contributed by atoms with van der Waals surface area (Å²) in [6.45, 7) is 10.9. The average molecular weight is 787 g/mol. The minimum absolute atomic E-state index is 0.0429. The molecule has 1 aromatic heterocycles. The molecule has 1 aliphatic carbocycles. The number of benzene rings is 2. The van der Waals surface area contributed by atoms with Crippen LogP contribution >= 0.6 is 0 Å². The van der Waals surface area contributed by atoms with E-state index in [4.69, 9.17) is 4.74 Å². The minimum atomic E-state index is -4.63. The number of H-pyrrole nitrogens is 1. The van der Waals surface area contributed by atoms with Gasteiger partial charge in [-0.05, 0) is 47.9 Å². The first-order valence-corrected chi connectivity index (χ1v) is 19.6. The number of aromatic nitrogens is 1. The third-order valence-corrected chi connectivity index (χ3v) is 11.5. The van der Waals surface area contributed by atoms with Gasteiger partial charge >= 0.3 is 6.18 Å². The average Bonchev–Trinajstić information content (AvgIpc) is 3.55. The van der Waals surface area contributed by atoms with Crippen molar-refractivity contribution in [3.8, 4) is 0 Å². The maximum atomic E-state index is 14.7. The number of ether oxygens (including phenoxy) is 1. The number of hydrogen-bond acceptors (Lipinski definition) is 6. The number of aromatic amines is 1. The number of rotatable bonds is 16. The Balaban J connectivity index is 1.42. The third-order valence-electron chi connectivity index (χ3n) is 11.5. The third kappa shape index (κ3) is 10.3. The summed E-state index contributed by atoms with van der Waals surface area (Å²) in [6.07, 6.45) is -3.48. The predicted octanol–water partition coefficient (Wildman–Crippen LogP) is 4.81. The van der Waals surface area contributed by atoms with Crippen molar-refractivity contribution in [1.29, 1.82) is 0 Å². The fourth-order valence-corrected chi connectivity index (χ4v) is 7.50. The number of nitrogens with one attached hydrogen (secondary N) is 5. The van der Waals surface area contributed by atoms with Gasteiger partial charge in [-0.2, -0.15) is 13.2 Å². The SMILES string of the molecule is CCC(C)[C@H](NC(=O)Cc1ccccc1F)C(=O)N[C@]1(C(=O)NC(CNC(=O)CCN2CCOCC2)[C@@H](C)CC)CCc2[nH]c3c(C(F)(F)F)cccc3c2C1. The molecule has 2 aliphatic rings. The van der Waals surface area contributed by atoms with Crippen LogP contribution < -0.4 is 21.3 Å². The highest BCUT2D eigenvalue weighted by Gasteiger charge is 2.47. The summed E-state index contributed by atoms with van der Waals surface area (Å²) in [4.78, 5) is 60.4. The predicted molar refractivity (Wildman–Crippen MR) is 204 cm³/mol. The van der Waals surface area contributed by atoms with Crippen LogP contribution in [0.5, 0.6) is 0 Å². The molecule has 1 saturated heterocycles. The normalized spacial score (nSPS) is 19.6. The van der Waals surface area contributed by atoms with Crippen LogP contribution in [-0.2, 0) is 49.4 Å². The first-order valence-electron chi connectivity index (χ1n) is 19.6. The second kappa shape index (κ2) is 18.6. The number of carbonyl (C=O) groups is 4. The number of alkyl halides is 3. The van der Waals surface area contributed by atoms with E-state index in [9.17, 15) is 36.7 Å². The van der Waals surface area contributed by atoms with Crippen molar-refractivity contribution >= 4 is 34.5 Å². The zero-order valence-electron chi connectivity index (χ0n) is 32.5. The highest BCUT2D eigenvalue weighted by atomic mass is 19.4. The van der Waals surface area contributed by atoms with Crippen molar-refractivity contribution in [2.45, 2.75) is 96.4 Å². The summed E-state index contributed by atoms with van der Waals surface area (Å²) in [7, 11) is 0. The number of carbonyl (C=O) groups excluding carboxylic acids is 4. The van der Waals surface area contributed by atoms with Gasteiger partial charge in [0, 0.05) is 56.1 Å². The van der Waals surface area contributed by atoms with Gasteiger partial charge in [-0.3, -0.25) is 24.1 Å². The van der Waals surface area contributed by atoms with Crippen LogP contribution in [0.3, 0.4) is 0 Å². The van der Waals surface area contributed by atoms with Crippen molar-refractivity contribution in [1.82, 2.24) is 31.2 Å². The van der Waals surface area contributed by atoms with Gasteiger partial charge in [0.1, 0.15) is 17.4 Å². The highest BCUT2D eigenvalue weighted by molar-refractivity contribution is 5.97. The molecule has 0 radical (unpaired) electrons. The summed E-state index contributed by atoms with van der Waals surface area (Å²) in [6, 6.07) is 8.08. The Labute approximate surface area is 325 Å². The molecule has 2 heterocycles. The Bertz CT molecular complexity index is 1860. The van der Waals surface area contributed by atoms with Crippen LogP contribution in [0.4, 0.5) is 17.6 Å². The second-order valence-corrected chi connectivity index (χ2v) is 15.2. The molecule has 11 nitrogen and oxygen atoms in total. The number of para-hydroxylation sites is 1. The van der Waals surface area contributed by atoms with E-state index in [-0.39, 0.29) is 61.6 Å². The van der Waals surface area contributed by atoms with E-state index in [1.54, 1.807) is 19.1 Å². The Kier molecular flexibility index (Phi) is 14.2. The van der Waals surface area contributed by atoms with Gasteiger partial charge < -0.3 is 31.0 Å². The topological polar surface area (TPSA) is 145 Å². The quantitative estimate of drug-likeness (QED) is 0.132. The lowest BCUT2D eigenvalue weighted by Gasteiger charge is -2.40. The van der Waals surface area contributed by atoms with Gasteiger partial charge in [0.25, 0.3) is 0 Å². The van der Waals surface area contributed by atoms with Gasteiger partial charge in [-0.15, -0.1) is 0 Å². The summed E-state index contributed by atoms with van der Waals surface area (Å²) >= 11 is 0. The molecule has 3 aromatic rings. The minimum Gasteiger partial charge on any atom is -0.379 e. The fraction of sp³-hybridized carbons (Fsp3) is 0.561. The lowest BCUT2D eigenvalue weighted by molar-refractivity contribution is -0.137. The molecule has 56 heavy (non-hydrogen) atoms. The van der Waals surface area contributed by atoms with Crippen LogP contribution in [0.1, 0.15) is 75.8 Å². The smallest absolute Gasteiger partial charge is 0.379 e. The summed E-state index contributed by atoms with van der Waals surface area (Å²) in [5, 5.41) is 12.1. The first-order chi connectivity index (χ1) is 26.7. The molecule has 5 atom stereocenters. The Morgan fingerprint density at radius 2 is 1.66 bits per heavy atom. The molecule has 2 unspecified atom stereocenters. The lowest BCUT2D eigenvalue weighted by atomic mass is 9.78. The molecular formula is C41H54F4N6O5. The van der Waals surface area contributed by atoms with Gasteiger partial charge in [0.05, 0.1) is 30.7 Å². The Morgan fingerprint density at radius 1 is 0.946 bits per heavy atom. The number of nitrogens with zero attached hydrogens (tertiary/aromatic N) is 1. The summed E-state index contributed by atoms with van der Waals surface area (Å²) in [5.41, 5.74) is -1.39. The zero-order valence-corrected chi connectivity index (χ0v) is 32.5. The van der Waals surface area contributed by atoms with Crippen molar-refractivity contribution in [3.63, 3.8) is 0 Å². The van der Waals surface area contributed by atoms with Crippen LogP contribution in [0.2, 0.25) is 0 Å². The highest BCUT2D eigenvalue weighted by Crippen LogP contribution is 2.40. The number of fused-ring (bicyclic) bond motifs is 3. The van der Waals surface area contributed by atoms with E-state index < -0.39 is 58.8 Å². The number of amides is 4. The van der Waals surface area contributed by atoms with Gasteiger partial charge in [-0.25, -0.2) is 4.39 Å². The number of halogens is 4.